The second-order valence-electron chi connectivity index (χ2n) is 5.07. The Morgan fingerprint density at radius 1 is 1.33 bits per heavy atom. The third-order valence-electron chi connectivity index (χ3n) is 3.78. The number of nitrogens with zero attached hydrogens (tertiary/aromatic N) is 2. The molecule has 1 aliphatic heterocycles. The van der Waals surface area contributed by atoms with Gasteiger partial charge in [0.1, 0.15) is 6.04 Å². The van der Waals surface area contributed by atoms with Crippen molar-refractivity contribution < 1.29 is 14.7 Å². The summed E-state index contributed by atoms with van der Waals surface area (Å²) in [6.45, 7) is 9.75. The molecule has 1 saturated heterocycles. The van der Waals surface area contributed by atoms with E-state index in [2.05, 4.69) is 24.1 Å². The van der Waals surface area contributed by atoms with Crippen molar-refractivity contribution in [3.05, 3.63) is 0 Å². The molecule has 2 amide bonds. The van der Waals surface area contributed by atoms with Gasteiger partial charge in [0, 0.05) is 12.3 Å². The molecule has 0 aromatic heterocycles. The molecule has 0 radical (unpaired) electrons. The summed E-state index contributed by atoms with van der Waals surface area (Å²) in [7, 11) is 0. The molecule has 0 aliphatic carbocycles. The van der Waals surface area contributed by atoms with Gasteiger partial charge in [0.2, 0.25) is 0 Å². The number of aliphatic carboxylic acids is 1. The molecule has 0 aromatic rings. The maximum absolute atomic E-state index is 12.2. The number of urea groups is 1. The van der Waals surface area contributed by atoms with E-state index in [9.17, 15) is 14.7 Å². The Balaban J connectivity index is 2.43. The van der Waals surface area contributed by atoms with Crippen LogP contribution in [0.5, 0.6) is 0 Å². The number of carboxylic acid groups (broad SMARTS) is 1. The van der Waals surface area contributed by atoms with E-state index in [0.29, 0.717) is 12.3 Å². The van der Waals surface area contributed by atoms with E-state index in [1.54, 1.807) is 11.8 Å². The molecule has 0 spiro atoms. The highest BCUT2D eigenvalue weighted by Gasteiger charge is 2.40. The number of carbonyl (C=O) groups is 2. The Hall–Kier alpha value is -0.950. The van der Waals surface area contributed by atoms with Gasteiger partial charge in [-0.2, -0.15) is 0 Å². The van der Waals surface area contributed by atoms with Gasteiger partial charge < -0.3 is 15.3 Å². The lowest BCUT2D eigenvalue weighted by molar-refractivity contribution is -0.141. The van der Waals surface area contributed by atoms with Gasteiger partial charge >= 0.3 is 12.0 Å². The van der Waals surface area contributed by atoms with Crippen LogP contribution in [0.25, 0.3) is 0 Å². The quantitative estimate of drug-likeness (QED) is 0.666. The number of amides is 2. The van der Waals surface area contributed by atoms with Crippen molar-refractivity contribution in [3.63, 3.8) is 0 Å². The number of carbonyl (C=O) groups excluding carboxylic acids is 1. The highest BCUT2D eigenvalue weighted by atomic mass is 32.2. The molecule has 2 N–H and O–H groups in total. The highest BCUT2D eigenvalue weighted by Crippen LogP contribution is 2.31. The van der Waals surface area contributed by atoms with Crippen LogP contribution in [0.15, 0.2) is 0 Å². The summed E-state index contributed by atoms with van der Waals surface area (Å²) in [6, 6.07) is -0.957. The van der Waals surface area contributed by atoms with Gasteiger partial charge in [0.25, 0.3) is 0 Å². The number of thioether (sulfide) groups is 1. The molecule has 0 saturated carbocycles. The zero-order valence-corrected chi connectivity index (χ0v) is 14.0. The fourth-order valence-electron chi connectivity index (χ4n) is 2.47. The summed E-state index contributed by atoms with van der Waals surface area (Å²) in [5, 5.41) is 12.0. The van der Waals surface area contributed by atoms with Crippen LogP contribution < -0.4 is 5.32 Å². The fraction of sp³-hybridized carbons (Fsp3) is 0.857. The largest absolute Gasteiger partial charge is 0.480 e. The van der Waals surface area contributed by atoms with Crippen LogP contribution in [0.4, 0.5) is 4.79 Å². The van der Waals surface area contributed by atoms with E-state index in [1.807, 2.05) is 6.92 Å². The van der Waals surface area contributed by atoms with E-state index in [4.69, 9.17) is 0 Å². The Bertz CT molecular complexity index is 350. The first-order valence-corrected chi connectivity index (χ1v) is 8.72. The molecule has 7 heteroatoms. The van der Waals surface area contributed by atoms with Gasteiger partial charge in [0.05, 0.1) is 5.37 Å². The lowest BCUT2D eigenvalue weighted by Crippen LogP contribution is -2.50. The number of hydrogen-bond acceptors (Lipinski definition) is 4. The van der Waals surface area contributed by atoms with Crippen LogP contribution in [0.2, 0.25) is 0 Å². The summed E-state index contributed by atoms with van der Waals surface area (Å²) in [6.07, 6.45) is 1.64. The number of nitrogens with one attached hydrogen (secondary N) is 1. The van der Waals surface area contributed by atoms with Gasteiger partial charge in [-0.25, -0.2) is 9.59 Å². The minimum absolute atomic E-state index is 0.0334. The van der Waals surface area contributed by atoms with Crippen molar-refractivity contribution in [1.82, 2.24) is 15.1 Å². The van der Waals surface area contributed by atoms with Crippen LogP contribution in [0.3, 0.4) is 0 Å². The molecule has 1 heterocycles. The molecule has 1 rings (SSSR count). The zero-order chi connectivity index (χ0) is 15.8. The molecular formula is C14H27N3O3S. The monoisotopic (exact) mass is 317 g/mol. The minimum Gasteiger partial charge on any atom is -0.480 e. The fourth-order valence-corrected chi connectivity index (χ4v) is 3.82. The van der Waals surface area contributed by atoms with Crippen LogP contribution in [-0.4, -0.2) is 70.3 Å². The third kappa shape index (κ3) is 5.07. The Labute approximate surface area is 131 Å². The topological polar surface area (TPSA) is 72.9 Å². The Morgan fingerprint density at radius 3 is 2.52 bits per heavy atom. The molecule has 1 fully saturated rings. The van der Waals surface area contributed by atoms with E-state index in [0.717, 1.165) is 32.5 Å². The second-order valence-corrected chi connectivity index (χ2v) is 6.28. The summed E-state index contributed by atoms with van der Waals surface area (Å²) in [5.41, 5.74) is 0. The van der Waals surface area contributed by atoms with Crippen molar-refractivity contribution in [1.29, 1.82) is 0 Å². The maximum atomic E-state index is 12.2. The molecule has 6 nitrogen and oxygen atoms in total. The standard InChI is InChI=1S/C14H27N3O3S/c1-4-12-17(11(10-21-12)13(18)19)14(20)15-8-7-9-16(5-2)6-3/h11-12H,4-10H2,1-3H3,(H,15,20)(H,18,19). The normalized spacial score (nSPS) is 21.8. The van der Waals surface area contributed by atoms with Crippen LogP contribution in [0, 0.1) is 0 Å². The first-order chi connectivity index (χ1) is 10.0. The Morgan fingerprint density at radius 2 is 2.00 bits per heavy atom. The molecule has 2 unspecified atom stereocenters. The lowest BCUT2D eigenvalue weighted by atomic mass is 10.2. The molecule has 0 aromatic carbocycles. The second kappa shape index (κ2) is 9.15. The van der Waals surface area contributed by atoms with Crippen LogP contribution in [0.1, 0.15) is 33.6 Å². The number of hydrogen-bond donors (Lipinski definition) is 2. The van der Waals surface area contributed by atoms with E-state index in [-0.39, 0.29) is 11.4 Å². The average molecular weight is 317 g/mol. The summed E-state index contributed by atoms with van der Waals surface area (Å²) >= 11 is 1.54. The summed E-state index contributed by atoms with van der Waals surface area (Å²) < 4.78 is 0. The van der Waals surface area contributed by atoms with Crippen LogP contribution >= 0.6 is 11.8 Å². The molecule has 2 atom stereocenters. The predicted octanol–water partition coefficient (Wildman–Crippen LogP) is 1.67. The number of rotatable bonds is 8. The minimum atomic E-state index is -0.920. The molecule has 0 bridgehead atoms. The van der Waals surface area contributed by atoms with Crippen molar-refractivity contribution in [2.45, 2.75) is 45.0 Å². The van der Waals surface area contributed by atoms with E-state index >= 15 is 0 Å². The third-order valence-corrected chi connectivity index (χ3v) is 5.24. The first kappa shape index (κ1) is 18.1. The van der Waals surface area contributed by atoms with Crippen molar-refractivity contribution in [2.75, 3.05) is 31.9 Å². The van der Waals surface area contributed by atoms with Gasteiger partial charge in [-0.1, -0.05) is 20.8 Å². The van der Waals surface area contributed by atoms with Gasteiger partial charge in [-0.05, 0) is 32.5 Å². The Kier molecular flexibility index (Phi) is 7.88. The van der Waals surface area contributed by atoms with E-state index < -0.39 is 12.0 Å². The smallest absolute Gasteiger partial charge is 0.327 e. The van der Waals surface area contributed by atoms with Crippen LogP contribution in [-0.2, 0) is 4.79 Å². The maximum Gasteiger partial charge on any atom is 0.327 e. The molecule has 21 heavy (non-hydrogen) atoms. The summed E-state index contributed by atoms with van der Waals surface area (Å²) in [4.78, 5) is 27.3. The van der Waals surface area contributed by atoms with Gasteiger partial charge in [0.15, 0.2) is 0 Å². The predicted molar refractivity (Wildman–Crippen MR) is 85.6 cm³/mol. The molecular weight excluding hydrogens is 290 g/mol. The van der Waals surface area contributed by atoms with Crippen molar-refractivity contribution in [2.24, 2.45) is 0 Å². The molecule has 1 aliphatic rings. The number of carboxylic acids is 1. The lowest BCUT2D eigenvalue weighted by Gasteiger charge is -2.27. The average Bonchev–Trinajstić information content (AvgIpc) is 2.91. The van der Waals surface area contributed by atoms with E-state index in [1.165, 1.54) is 4.90 Å². The van der Waals surface area contributed by atoms with Gasteiger partial charge in [-0.3, -0.25) is 4.90 Å². The molecule has 122 valence electrons. The SMILES string of the molecule is CCC1SCC(C(=O)O)N1C(=O)NCCCN(CC)CC. The van der Waals surface area contributed by atoms with Crippen molar-refractivity contribution in [3.8, 4) is 0 Å². The summed E-state index contributed by atoms with van der Waals surface area (Å²) in [5.74, 6) is -0.447. The highest BCUT2D eigenvalue weighted by molar-refractivity contribution is 8.00. The van der Waals surface area contributed by atoms with Gasteiger partial charge in [-0.15, -0.1) is 11.8 Å². The van der Waals surface area contributed by atoms with Crippen molar-refractivity contribution >= 4 is 23.8 Å². The first-order valence-electron chi connectivity index (χ1n) is 7.67. The zero-order valence-electron chi connectivity index (χ0n) is 13.2.